The van der Waals surface area contributed by atoms with Crippen LogP contribution in [0.25, 0.3) is 0 Å². The van der Waals surface area contributed by atoms with Crippen LogP contribution in [0, 0.1) is 10.1 Å². The molecule has 0 saturated carbocycles. The normalized spacial score (nSPS) is 13.0. The molecule has 1 atom stereocenters. The van der Waals surface area contributed by atoms with Crippen LogP contribution in [0.5, 0.6) is 0 Å². The van der Waals surface area contributed by atoms with Gasteiger partial charge in [0.05, 0.1) is 17.6 Å². The van der Waals surface area contributed by atoms with Crippen molar-refractivity contribution in [2.24, 2.45) is 0 Å². The first kappa shape index (κ1) is 14.3. The second-order valence-electron chi connectivity index (χ2n) is 3.89. The zero-order valence-electron chi connectivity index (χ0n) is 10.3. The van der Waals surface area contributed by atoms with E-state index in [1.807, 2.05) is 19.1 Å². The molecular weight excluding hydrogens is 236 g/mol. The van der Waals surface area contributed by atoms with Crippen molar-refractivity contribution in [3.63, 3.8) is 0 Å². The Morgan fingerprint density at radius 3 is 3.11 bits per heavy atom. The standard InChI is InChI=1S/C11H18N4O3/c1-2-3-4-5-12-7-11(16)9-14-8-10(6-13-14)15(17)18/h2-3,6,8,11-12,16H,4-5,7,9H2,1H3/b3-2+. The van der Waals surface area contributed by atoms with Gasteiger partial charge in [-0.2, -0.15) is 5.10 Å². The molecule has 2 N–H and O–H groups in total. The van der Waals surface area contributed by atoms with Gasteiger partial charge in [-0.05, 0) is 19.9 Å². The lowest BCUT2D eigenvalue weighted by Gasteiger charge is -2.10. The summed E-state index contributed by atoms with van der Waals surface area (Å²) in [6, 6.07) is 0. The smallest absolute Gasteiger partial charge is 0.306 e. The first-order valence-corrected chi connectivity index (χ1v) is 5.80. The molecule has 0 amide bonds. The van der Waals surface area contributed by atoms with Gasteiger partial charge >= 0.3 is 5.69 Å². The number of aliphatic hydroxyl groups excluding tert-OH is 1. The summed E-state index contributed by atoms with van der Waals surface area (Å²) in [7, 11) is 0. The lowest BCUT2D eigenvalue weighted by Crippen LogP contribution is -2.30. The van der Waals surface area contributed by atoms with Gasteiger partial charge in [-0.15, -0.1) is 0 Å². The Kier molecular flexibility index (Phi) is 6.03. The summed E-state index contributed by atoms with van der Waals surface area (Å²) in [5.74, 6) is 0. The number of hydrogen-bond acceptors (Lipinski definition) is 5. The third-order valence-corrected chi connectivity index (χ3v) is 2.33. The van der Waals surface area contributed by atoms with E-state index < -0.39 is 11.0 Å². The molecule has 1 rings (SSSR count). The molecule has 100 valence electrons. The fourth-order valence-electron chi connectivity index (χ4n) is 1.45. The quantitative estimate of drug-likeness (QED) is 0.308. The van der Waals surface area contributed by atoms with E-state index in [1.54, 1.807) is 0 Å². The molecule has 0 fully saturated rings. The first-order chi connectivity index (χ1) is 8.63. The van der Waals surface area contributed by atoms with E-state index in [2.05, 4.69) is 10.4 Å². The van der Waals surface area contributed by atoms with Crippen LogP contribution < -0.4 is 5.32 Å². The predicted molar refractivity (Wildman–Crippen MR) is 67.2 cm³/mol. The van der Waals surface area contributed by atoms with Crippen LogP contribution in [-0.2, 0) is 6.54 Å². The van der Waals surface area contributed by atoms with Gasteiger partial charge in [-0.25, -0.2) is 0 Å². The molecule has 0 aliphatic heterocycles. The van der Waals surface area contributed by atoms with Gasteiger partial charge in [0, 0.05) is 6.54 Å². The van der Waals surface area contributed by atoms with Gasteiger partial charge in [0.15, 0.2) is 0 Å². The number of nitrogens with one attached hydrogen (secondary N) is 1. The average Bonchev–Trinajstić information content (AvgIpc) is 2.77. The lowest BCUT2D eigenvalue weighted by atomic mass is 10.3. The summed E-state index contributed by atoms with van der Waals surface area (Å²) in [6.07, 6.45) is 6.79. The second kappa shape index (κ2) is 7.57. The van der Waals surface area contributed by atoms with Gasteiger partial charge in [-0.3, -0.25) is 14.8 Å². The third kappa shape index (κ3) is 5.07. The van der Waals surface area contributed by atoms with E-state index in [-0.39, 0.29) is 12.2 Å². The molecule has 0 radical (unpaired) electrons. The molecule has 18 heavy (non-hydrogen) atoms. The molecule has 1 unspecified atom stereocenters. The average molecular weight is 254 g/mol. The molecule has 0 aromatic carbocycles. The summed E-state index contributed by atoms with van der Waals surface area (Å²) in [5, 5.41) is 27.0. The summed E-state index contributed by atoms with van der Waals surface area (Å²) in [5.41, 5.74) is -0.0664. The number of nitro groups is 1. The van der Waals surface area contributed by atoms with Crippen molar-refractivity contribution in [2.45, 2.75) is 26.0 Å². The zero-order chi connectivity index (χ0) is 13.4. The van der Waals surface area contributed by atoms with Crippen LogP contribution in [0.3, 0.4) is 0 Å². The fourth-order valence-corrected chi connectivity index (χ4v) is 1.45. The van der Waals surface area contributed by atoms with E-state index in [4.69, 9.17) is 0 Å². The van der Waals surface area contributed by atoms with Crippen LogP contribution in [0.2, 0.25) is 0 Å². The first-order valence-electron chi connectivity index (χ1n) is 5.80. The minimum atomic E-state index is -0.616. The Hall–Kier alpha value is -1.73. The highest BCUT2D eigenvalue weighted by Gasteiger charge is 2.11. The number of nitrogens with zero attached hydrogens (tertiary/aromatic N) is 3. The van der Waals surface area contributed by atoms with Crippen molar-refractivity contribution in [1.29, 1.82) is 0 Å². The monoisotopic (exact) mass is 254 g/mol. The largest absolute Gasteiger partial charge is 0.390 e. The molecule has 0 saturated heterocycles. The molecule has 0 spiro atoms. The number of aromatic nitrogens is 2. The van der Waals surface area contributed by atoms with Gasteiger partial charge in [0.2, 0.25) is 0 Å². The van der Waals surface area contributed by atoms with Crippen molar-refractivity contribution in [2.75, 3.05) is 13.1 Å². The van der Waals surface area contributed by atoms with Crippen molar-refractivity contribution < 1.29 is 10.0 Å². The van der Waals surface area contributed by atoms with Crippen LogP contribution in [-0.4, -0.2) is 39.0 Å². The molecule has 0 bridgehead atoms. The Morgan fingerprint density at radius 1 is 1.72 bits per heavy atom. The van der Waals surface area contributed by atoms with Crippen molar-refractivity contribution in [1.82, 2.24) is 15.1 Å². The SMILES string of the molecule is C/C=C/CCNCC(O)Cn1cc([N+](=O)[O-])cn1. The van der Waals surface area contributed by atoms with Crippen molar-refractivity contribution in [3.05, 3.63) is 34.7 Å². The second-order valence-corrected chi connectivity index (χ2v) is 3.89. The molecule has 7 nitrogen and oxygen atoms in total. The highest BCUT2D eigenvalue weighted by atomic mass is 16.6. The van der Waals surface area contributed by atoms with Crippen LogP contribution in [0.1, 0.15) is 13.3 Å². The van der Waals surface area contributed by atoms with E-state index in [9.17, 15) is 15.2 Å². The maximum Gasteiger partial charge on any atom is 0.306 e. The molecule has 1 heterocycles. The summed E-state index contributed by atoms with van der Waals surface area (Å²) >= 11 is 0. The van der Waals surface area contributed by atoms with E-state index in [0.717, 1.165) is 13.0 Å². The minimum Gasteiger partial charge on any atom is -0.390 e. The Morgan fingerprint density at radius 2 is 2.50 bits per heavy atom. The Bertz CT molecular complexity index is 403. The summed E-state index contributed by atoms with van der Waals surface area (Å²) < 4.78 is 1.37. The summed E-state index contributed by atoms with van der Waals surface area (Å²) in [4.78, 5) is 9.93. The van der Waals surface area contributed by atoms with Crippen molar-refractivity contribution >= 4 is 5.69 Å². The number of hydrogen-bond donors (Lipinski definition) is 2. The van der Waals surface area contributed by atoms with E-state index >= 15 is 0 Å². The zero-order valence-corrected chi connectivity index (χ0v) is 10.3. The number of aliphatic hydroxyl groups is 1. The predicted octanol–water partition coefficient (Wildman–Crippen LogP) is 0.708. The highest BCUT2D eigenvalue weighted by molar-refractivity contribution is 5.20. The lowest BCUT2D eigenvalue weighted by molar-refractivity contribution is -0.385. The van der Waals surface area contributed by atoms with Crippen LogP contribution in [0.4, 0.5) is 5.69 Å². The summed E-state index contributed by atoms with van der Waals surface area (Å²) in [6.45, 7) is 3.43. The third-order valence-electron chi connectivity index (χ3n) is 2.33. The Balaban J connectivity index is 2.26. The van der Waals surface area contributed by atoms with Crippen LogP contribution >= 0.6 is 0 Å². The van der Waals surface area contributed by atoms with Gasteiger partial charge in [0.25, 0.3) is 0 Å². The van der Waals surface area contributed by atoms with Crippen molar-refractivity contribution in [3.8, 4) is 0 Å². The molecule has 7 heteroatoms. The molecule has 0 aliphatic carbocycles. The molecule has 1 aromatic rings. The maximum absolute atomic E-state index is 10.4. The minimum absolute atomic E-state index is 0.0664. The fraction of sp³-hybridized carbons (Fsp3) is 0.545. The number of rotatable bonds is 8. The Labute approximate surface area is 105 Å². The topological polar surface area (TPSA) is 93.2 Å². The molecule has 1 aromatic heterocycles. The van der Waals surface area contributed by atoms with Crippen LogP contribution in [0.15, 0.2) is 24.5 Å². The van der Waals surface area contributed by atoms with E-state index in [1.165, 1.54) is 17.1 Å². The highest BCUT2D eigenvalue weighted by Crippen LogP contribution is 2.07. The molecule has 0 aliphatic rings. The maximum atomic E-state index is 10.4. The number of allylic oxidation sites excluding steroid dienone is 1. The van der Waals surface area contributed by atoms with E-state index in [0.29, 0.717) is 6.54 Å². The van der Waals surface area contributed by atoms with Gasteiger partial charge in [-0.1, -0.05) is 12.2 Å². The van der Waals surface area contributed by atoms with Gasteiger partial charge < -0.3 is 10.4 Å². The molecular formula is C11H18N4O3. The van der Waals surface area contributed by atoms with Gasteiger partial charge in [0.1, 0.15) is 12.4 Å².